The Morgan fingerprint density at radius 1 is 1.19 bits per heavy atom. The molecule has 2 aromatic rings. The van der Waals surface area contributed by atoms with Crippen molar-refractivity contribution in [2.45, 2.75) is 12.5 Å². The first-order valence-corrected chi connectivity index (χ1v) is 7.23. The summed E-state index contributed by atoms with van der Waals surface area (Å²) in [5.74, 6) is -0.262. The molecule has 4 heteroatoms. The second-order valence-electron chi connectivity index (χ2n) is 4.87. The summed E-state index contributed by atoms with van der Waals surface area (Å²) >= 11 is 5.98. The highest BCUT2D eigenvalue weighted by Crippen LogP contribution is 2.27. The van der Waals surface area contributed by atoms with Gasteiger partial charge in [0.1, 0.15) is 5.82 Å². The Kier molecular flexibility index (Phi) is 5.74. The summed E-state index contributed by atoms with van der Waals surface area (Å²) in [5.41, 5.74) is 2.75. The van der Waals surface area contributed by atoms with E-state index in [1.807, 2.05) is 31.3 Å². The van der Waals surface area contributed by atoms with E-state index in [-0.39, 0.29) is 11.9 Å². The van der Waals surface area contributed by atoms with E-state index in [9.17, 15) is 4.39 Å². The maximum absolute atomic E-state index is 14.0. The van der Waals surface area contributed by atoms with Gasteiger partial charge in [-0.05, 0) is 42.8 Å². The molecule has 1 unspecified atom stereocenters. The SMILES string of the molecule is CNC(c1ccc(CCOC)cc1)c1cc(Cl)ccc1F. The largest absolute Gasteiger partial charge is 0.384 e. The van der Waals surface area contributed by atoms with Gasteiger partial charge >= 0.3 is 0 Å². The van der Waals surface area contributed by atoms with E-state index in [0.29, 0.717) is 17.2 Å². The number of methoxy groups -OCH3 is 1. The van der Waals surface area contributed by atoms with Crippen LogP contribution in [-0.2, 0) is 11.2 Å². The van der Waals surface area contributed by atoms with E-state index in [1.165, 1.54) is 11.6 Å². The average molecular weight is 308 g/mol. The number of ether oxygens (including phenoxy) is 1. The van der Waals surface area contributed by atoms with Gasteiger partial charge in [0.2, 0.25) is 0 Å². The van der Waals surface area contributed by atoms with E-state index in [2.05, 4.69) is 5.32 Å². The molecule has 0 amide bonds. The zero-order valence-corrected chi connectivity index (χ0v) is 13.0. The molecule has 0 aliphatic rings. The fraction of sp³-hybridized carbons (Fsp3) is 0.294. The van der Waals surface area contributed by atoms with Gasteiger partial charge in [0, 0.05) is 17.7 Å². The first kappa shape index (κ1) is 16.0. The monoisotopic (exact) mass is 307 g/mol. The van der Waals surface area contributed by atoms with Gasteiger partial charge in [-0.15, -0.1) is 0 Å². The van der Waals surface area contributed by atoms with Crippen molar-refractivity contribution >= 4 is 11.6 Å². The average Bonchev–Trinajstić information content (AvgIpc) is 2.50. The lowest BCUT2D eigenvalue weighted by Crippen LogP contribution is -2.19. The Morgan fingerprint density at radius 2 is 1.90 bits per heavy atom. The molecule has 2 aromatic carbocycles. The fourth-order valence-electron chi connectivity index (χ4n) is 2.33. The molecule has 1 N–H and O–H groups in total. The molecule has 0 aliphatic heterocycles. The lowest BCUT2D eigenvalue weighted by molar-refractivity contribution is 0.202. The minimum Gasteiger partial charge on any atom is -0.384 e. The van der Waals surface area contributed by atoms with Crippen molar-refractivity contribution in [1.82, 2.24) is 5.32 Å². The highest BCUT2D eigenvalue weighted by Gasteiger charge is 2.16. The maximum atomic E-state index is 14.0. The highest BCUT2D eigenvalue weighted by atomic mass is 35.5. The lowest BCUT2D eigenvalue weighted by Gasteiger charge is -2.18. The molecule has 1 atom stereocenters. The van der Waals surface area contributed by atoms with Crippen LogP contribution in [0.25, 0.3) is 0 Å². The molecule has 0 fully saturated rings. The van der Waals surface area contributed by atoms with E-state index >= 15 is 0 Å². The summed E-state index contributed by atoms with van der Waals surface area (Å²) in [7, 11) is 3.50. The van der Waals surface area contributed by atoms with Gasteiger partial charge in [-0.25, -0.2) is 4.39 Å². The molecule has 112 valence electrons. The van der Waals surface area contributed by atoms with Crippen LogP contribution in [0, 0.1) is 5.82 Å². The Balaban J connectivity index is 2.26. The summed E-state index contributed by atoms with van der Waals surface area (Å²) < 4.78 is 19.1. The topological polar surface area (TPSA) is 21.3 Å². The van der Waals surface area contributed by atoms with Crippen LogP contribution < -0.4 is 5.32 Å². The molecule has 2 rings (SSSR count). The molecule has 21 heavy (non-hydrogen) atoms. The zero-order valence-electron chi connectivity index (χ0n) is 12.2. The zero-order chi connectivity index (χ0) is 15.2. The first-order valence-electron chi connectivity index (χ1n) is 6.85. The molecule has 0 aromatic heterocycles. The van der Waals surface area contributed by atoms with Crippen LogP contribution in [0.3, 0.4) is 0 Å². The minimum atomic E-state index is -0.262. The van der Waals surface area contributed by atoms with Crippen LogP contribution in [0.5, 0.6) is 0 Å². The minimum absolute atomic E-state index is 0.222. The van der Waals surface area contributed by atoms with Crippen LogP contribution in [0.2, 0.25) is 5.02 Å². The van der Waals surface area contributed by atoms with Gasteiger partial charge in [-0.2, -0.15) is 0 Å². The summed E-state index contributed by atoms with van der Waals surface area (Å²) in [6.07, 6.45) is 0.868. The Bertz CT molecular complexity index is 586. The number of hydrogen-bond acceptors (Lipinski definition) is 2. The first-order chi connectivity index (χ1) is 10.2. The molecule has 0 aliphatic carbocycles. The summed E-state index contributed by atoms with van der Waals surface area (Å²) in [6, 6.07) is 12.5. The normalized spacial score (nSPS) is 12.4. The molecule has 0 heterocycles. The maximum Gasteiger partial charge on any atom is 0.128 e. The van der Waals surface area contributed by atoms with Crippen molar-refractivity contribution in [3.63, 3.8) is 0 Å². The molecular weight excluding hydrogens is 289 g/mol. The molecule has 2 nitrogen and oxygen atoms in total. The molecule has 0 bridgehead atoms. The number of nitrogens with one attached hydrogen (secondary N) is 1. The standard InChI is InChI=1S/C17H19ClFNO/c1-20-17(15-11-14(18)7-8-16(15)19)13-5-3-12(4-6-13)9-10-21-2/h3-8,11,17,20H,9-10H2,1-2H3. The third kappa shape index (κ3) is 4.03. The van der Waals surface area contributed by atoms with E-state index in [4.69, 9.17) is 16.3 Å². The molecular formula is C17H19ClFNO. The van der Waals surface area contributed by atoms with Crippen LogP contribution in [0.4, 0.5) is 4.39 Å². The van der Waals surface area contributed by atoms with Crippen LogP contribution >= 0.6 is 11.6 Å². The van der Waals surface area contributed by atoms with Gasteiger partial charge in [0.15, 0.2) is 0 Å². The van der Waals surface area contributed by atoms with Crippen molar-refractivity contribution < 1.29 is 9.13 Å². The fourth-order valence-corrected chi connectivity index (χ4v) is 2.51. The molecule has 0 spiro atoms. The summed E-state index contributed by atoms with van der Waals surface area (Å²) in [5, 5.41) is 3.67. The second kappa shape index (κ2) is 7.55. The highest BCUT2D eigenvalue weighted by molar-refractivity contribution is 6.30. The number of benzene rings is 2. The number of rotatable bonds is 6. The second-order valence-corrected chi connectivity index (χ2v) is 5.31. The Morgan fingerprint density at radius 3 is 2.52 bits per heavy atom. The van der Waals surface area contributed by atoms with Gasteiger partial charge in [0.25, 0.3) is 0 Å². The van der Waals surface area contributed by atoms with Gasteiger partial charge in [-0.1, -0.05) is 35.9 Å². The Hall–Kier alpha value is -1.42. The quantitative estimate of drug-likeness (QED) is 0.871. The predicted octanol–water partition coefficient (Wildman–Crippen LogP) is 3.98. The summed E-state index contributed by atoms with van der Waals surface area (Å²) in [4.78, 5) is 0. The van der Waals surface area contributed by atoms with Crippen LogP contribution in [-0.4, -0.2) is 20.8 Å². The summed E-state index contributed by atoms with van der Waals surface area (Å²) in [6.45, 7) is 0.692. The number of halogens is 2. The molecule has 0 radical (unpaired) electrons. The van der Waals surface area contributed by atoms with Crippen LogP contribution in [0.15, 0.2) is 42.5 Å². The van der Waals surface area contributed by atoms with Gasteiger partial charge in [-0.3, -0.25) is 0 Å². The van der Waals surface area contributed by atoms with Crippen molar-refractivity contribution in [2.75, 3.05) is 20.8 Å². The van der Waals surface area contributed by atoms with Gasteiger partial charge < -0.3 is 10.1 Å². The molecule has 0 saturated carbocycles. The van der Waals surface area contributed by atoms with E-state index in [1.54, 1.807) is 19.2 Å². The van der Waals surface area contributed by atoms with E-state index in [0.717, 1.165) is 12.0 Å². The number of hydrogen-bond donors (Lipinski definition) is 1. The van der Waals surface area contributed by atoms with Crippen molar-refractivity contribution in [3.8, 4) is 0 Å². The van der Waals surface area contributed by atoms with E-state index < -0.39 is 0 Å². The van der Waals surface area contributed by atoms with Crippen molar-refractivity contribution in [1.29, 1.82) is 0 Å². The lowest BCUT2D eigenvalue weighted by atomic mass is 9.97. The third-order valence-corrected chi connectivity index (χ3v) is 3.70. The van der Waals surface area contributed by atoms with Crippen molar-refractivity contribution in [2.24, 2.45) is 0 Å². The van der Waals surface area contributed by atoms with Crippen LogP contribution in [0.1, 0.15) is 22.7 Å². The smallest absolute Gasteiger partial charge is 0.128 e. The Labute approximate surface area is 129 Å². The van der Waals surface area contributed by atoms with Crippen molar-refractivity contribution in [3.05, 3.63) is 70.0 Å². The van der Waals surface area contributed by atoms with Gasteiger partial charge in [0.05, 0.1) is 12.6 Å². The predicted molar refractivity (Wildman–Crippen MR) is 84.3 cm³/mol. The third-order valence-electron chi connectivity index (χ3n) is 3.47. The molecule has 0 saturated heterocycles.